The second kappa shape index (κ2) is 10.3. The van der Waals surface area contributed by atoms with Crippen molar-refractivity contribution in [2.75, 3.05) is 44.7 Å². The van der Waals surface area contributed by atoms with Crippen molar-refractivity contribution in [3.63, 3.8) is 0 Å². The van der Waals surface area contributed by atoms with Gasteiger partial charge in [-0.1, -0.05) is 30.3 Å². The number of methoxy groups -OCH3 is 1. The number of hydrogen-bond acceptors (Lipinski definition) is 7. The van der Waals surface area contributed by atoms with E-state index in [1.807, 2.05) is 29.3 Å². The lowest BCUT2D eigenvalue weighted by molar-refractivity contribution is -0.135. The van der Waals surface area contributed by atoms with Gasteiger partial charge >= 0.3 is 5.97 Å². The quantitative estimate of drug-likeness (QED) is 0.418. The predicted molar refractivity (Wildman–Crippen MR) is 135 cm³/mol. The van der Waals surface area contributed by atoms with Crippen LogP contribution >= 0.6 is 0 Å². The van der Waals surface area contributed by atoms with Crippen molar-refractivity contribution >= 4 is 34.7 Å². The topological polar surface area (TPSA) is 103 Å². The average Bonchev–Trinajstić information content (AvgIpc) is 3.57. The number of nitrogens with zero attached hydrogens (tertiary/aromatic N) is 4. The van der Waals surface area contributed by atoms with Crippen molar-refractivity contribution in [2.45, 2.75) is 25.3 Å². The molecule has 1 aromatic carbocycles. The molecule has 2 fully saturated rings. The molecular weight excluding hydrogens is 444 g/mol. The first-order valence-corrected chi connectivity index (χ1v) is 12.1. The van der Waals surface area contributed by atoms with E-state index in [1.54, 1.807) is 6.08 Å². The Hall–Kier alpha value is -3.72. The summed E-state index contributed by atoms with van der Waals surface area (Å²) in [5.74, 6) is -0.220. The Labute approximate surface area is 204 Å². The van der Waals surface area contributed by atoms with E-state index in [2.05, 4.69) is 37.5 Å². The molecule has 5 rings (SSSR count). The van der Waals surface area contributed by atoms with Crippen LogP contribution < -0.4 is 10.2 Å². The van der Waals surface area contributed by atoms with E-state index < -0.39 is 5.97 Å². The minimum absolute atomic E-state index is 0.220. The zero-order valence-corrected chi connectivity index (χ0v) is 19.9. The second-order valence-electron chi connectivity index (χ2n) is 8.94. The molecule has 2 aromatic heterocycles. The number of anilines is 1. The third-order valence-electron chi connectivity index (χ3n) is 6.79. The van der Waals surface area contributed by atoms with Crippen LogP contribution in [0.5, 0.6) is 0 Å². The number of amides is 1. The number of fused-ring (bicyclic) bond motifs is 1. The summed E-state index contributed by atoms with van der Waals surface area (Å²) in [5.41, 5.74) is 4.31. The van der Waals surface area contributed by atoms with Gasteiger partial charge in [-0.3, -0.25) is 9.89 Å². The number of rotatable bonds is 6. The molecule has 2 aliphatic heterocycles. The minimum Gasteiger partial charge on any atom is -0.466 e. The zero-order chi connectivity index (χ0) is 24.2. The Morgan fingerprint density at radius 2 is 1.97 bits per heavy atom. The van der Waals surface area contributed by atoms with Gasteiger partial charge < -0.3 is 19.9 Å². The molecule has 9 heteroatoms. The minimum atomic E-state index is -0.439. The molecule has 0 unspecified atom stereocenters. The zero-order valence-electron chi connectivity index (χ0n) is 19.9. The average molecular weight is 475 g/mol. The van der Waals surface area contributed by atoms with Gasteiger partial charge in [0.2, 0.25) is 5.91 Å². The van der Waals surface area contributed by atoms with Crippen LogP contribution in [0.3, 0.4) is 0 Å². The van der Waals surface area contributed by atoms with E-state index in [0.717, 1.165) is 41.6 Å². The molecule has 2 aliphatic rings. The monoisotopic (exact) mass is 474 g/mol. The predicted octanol–water partition coefficient (Wildman–Crippen LogP) is 2.60. The molecule has 0 bridgehead atoms. The highest BCUT2D eigenvalue weighted by molar-refractivity contribution is 6.03. The van der Waals surface area contributed by atoms with E-state index in [1.165, 1.54) is 13.2 Å². The third kappa shape index (κ3) is 4.90. The molecule has 2 N–H and O–H groups in total. The molecule has 2 saturated heterocycles. The fourth-order valence-electron chi connectivity index (χ4n) is 4.94. The van der Waals surface area contributed by atoms with Gasteiger partial charge in [-0.25, -0.2) is 9.78 Å². The number of hydrogen-bond donors (Lipinski definition) is 2. The summed E-state index contributed by atoms with van der Waals surface area (Å²) in [5, 5.41) is 11.7. The maximum atomic E-state index is 12.9. The van der Waals surface area contributed by atoms with Gasteiger partial charge in [0.05, 0.1) is 23.9 Å². The molecule has 4 heterocycles. The van der Waals surface area contributed by atoms with Crippen molar-refractivity contribution in [1.29, 1.82) is 0 Å². The van der Waals surface area contributed by atoms with E-state index in [0.29, 0.717) is 50.0 Å². The summed E-state index contributed by atoms with van der Waals surface area (Å²) >= 11 is 0. The number of H-pyrrole nitrogens is 1. The fourth-order valence-corrected chi connectivity index (χ4v) is 4.94. The van der Waals surface area contributed by atoms with Crippen molar-refractivity contribution in [3.8, 4) is 11.1 Å². The fraction of sp³-hybridized carbons (Fsp3) is 0.385. The Balaban J connectivity index is 1.47. The maximum Gasteiger partial charge on any atom is 0.330 e. The first kappa shape index (κ1) is 23.0. The Bertz CT molecular complexity index is 1220. The normalized spacial score (nSPS) is 18.5. The third-order valence-corrected chi connectivity index (χ3v) is 6.79. The molecular formula is C26H30N6O3. The first-order chi connectivity index (χ1) is 17.1. The van der Waals surface area contributed by atoms with Gasteiger partial charge in [0.1, 0.15) is 0 Å². The largest absolute Gasteiger partial charge is 0.466 e. The summed E-state index contributed by atoms with van der Waals surface area (Å²) in [7, 11) is 1.35. The molecule has 0 radical (unpaired) electrons. The van der Waals surface area contributed by atoms with E-state index >= 15 is 0 Å². The van der Waals surface area contributed by atoms with Crippen molar-refractivity contribution < 1.29 is 14.3 Å². The Kier molecular flexibility index (Phi) is 6.76. The number of aromatic amines is 1. The Morgan fingerprint density at radius 1 is 1.17 bits per heavy atom. The van der Waals surface area contributed by atoms with Crippen LogP contribution in [0.2, 0.25) is 0 Å². The summed E-state index contributed by atoms with van der Waals surface area (Å²) in [4.78, 5) is 33.5. The van der Waals surface area contributed by atoms with Crippen LogP contribution in [0.1, 0.15) is 25.0 Å². The number of ether oxygens (including phenoxy) is 1. The van der Waals surface area contributed by atoms with Gasteiger partial charge in [0.15, 0.2) is 5.65 Å². The first-order valence-electron chi connectivity index (χ1n) is 12.1. The highest BCUT2D eigenvalue weighted by Crippen LogP contribution is 2.38. The number of aromatic nitrogens is 3. The van der Waals surface area contributed by atoms with Gasteiger partial charge in [-0.2, -0.15) is 5.10 Å². The van der Waals surface area contributed by atoms with Gasteiger partial charge in [-0.15, -0.1) is 0 Å². The number of carbonyl (C=O) groups is 2. The standard InChI is InChI=1S/C26H30N6O3/c1-35-23(34)10-9-21-24-25(20(17-28-26(24)30-29-21)18-6-3-2-4-7-18)32-14-12-31(13-15-32)22(33)16-19-8-5-11-27-19/h2-4,6-7,9-10,17,19,27H,5,8,11-16H2,1H3,(H,28,29,30)/b10-9+/t19-/m0/s1. The number of esters is 1. The molecule has 3 aromatic rings. The van der Waals surface area contributed by atoms with Crippen LogP contribution in [-0.2, 0) is 14.3 Å². The number of benzene rings is 1. The molecule has 182 valence electrons. The molecule has 0 spiro atoms. The molecule has 35 heavy (non-hydrogen) atoms. The maximum absolute atomic E-state index is 12.9. The smallest absolute Gasteiger partial charge is 0.330 e. The van der Waals surface area contributed by atoms with Crippen LogP contribution in [0, 0.1) is 0 Å². The molecule has 1 amide bonds. The highest BCUT2D eigenvalue weighted by Gasteiger charge is 2.28. The number of nitrogens with one attached hydrogen (secondary N) is 2. The van der Waals surface area contributed by atoms with Crippen LogP contribution in [-0.4, -0.2) is 77.8 Å². The summed E-state index contributed by atoms with van der Waals surface area (Å²) in [6.45, 7) is 3.73. The van der Waals surface area contributed by atoms with E-state index in [9.17, 15) is 9.59 Å². The second-order valence-corrected chi connectivity index (χ2v) is 8.94. The lowest BCUT2D eigenvalue weighted by atomic mass is 10.0. The molecule has 9 nitrogen and oxygen atoms in total. The molecule has 1 atom stereocenters. The van der Waals surface area contributed by atoms with E-state index in [4.69, 9.17) is 4.74 Å². The number of piperazine rings is 1. The molecule has 0 aliphatic carbocycles. The van der Waals surface area contributed by atoms with Crippen molar-refractivity contribution in [1.82, 2.24) is 25.4 Å². The van der Waals surface area contributed by atoms with Gasteiger partial charge in [0, 0.05) is 56.5 Å². The molecule has 0 saturated carbocycles. The van der Waals surface area contributed by atoms with Crippen molar-refractivity contribution in [2.24, 2.45) is 0 Å². The summed E-state index contributed by atoms with van der Waals surface area (Å²) < 4.78 is 4.75. The van der Waals surface area contributed by atoms with Crippen LogP contribution in [0.4, 0.5) is 5.69 Å². The summed E-state index contributed by atoms with van der Waals surface area (Å²) in [6.07, 6.45) is 7.69. The van der Waals surface area contributed by atoms with Crippen LogP contribution in [0.15, 0.2) is 42.6 Å². The van der Waals surface area contributed by atoms with Gasteiger partial charge in [0.25, 0.3) is 0 Å². The number of pyridine rings is 1. The van der Waals surface area contributed by atoms with E-state index in [-0.39, 0.29) is 5.91 Å². The van der Waals surface area contributed by atoms with Crippen LogP contribution in [0.25, 0.3) is 28.2 Å². The lowest BCUT2D eigenvalue weighted by Crippen LogP contribution is -2.50. The summed E-state index contributed by atoms with van der Waals surface area (Å²) in [6, 6.07) is 10.4. The highest BCUT2D eigenvalue weighted by atomic mass is 16.5. The Morgan fingerprint density at radius 3 is 2.69 bits per heavy atom. The van der Waals surface area contributed by atoms with Crippen molar-refractivity contribution in [3.05, 3.63) is 48.3 Å². The number of carbonyl (C=O) groups excluding carboxylic acids is 2. The van der Waals surface area contributed by atoms with Gasteiger partial charge in [-0.05, 0) is 31.0 Å². The SMILES string of the molecule is COC(=O)/C=C/c1[nH]nc2ncc(-c3ccccc3)c(N3CCN(C(=O)C[C@@H]4CCCN4)CC3)c12. The lowest BCUT2D eigenvalue weighted by Gasteiger charge is -2.37.